The van der Waals surface area contributed by atoms with E-state index >= 15 is 0 Å². The van der Waals surface area contributed by atoms with Crippen molar-refractivity contribution in [2.75, 3.05) is 19.6 Å². The molecule has 0 amide bonds. The molecule has 0 N–H and O–H groups in total. The van der Waals surface area contributed by atoms with Crippen LogP contribution in [-0.4, -0.2) is 0 Å². The first kappa shape index (κ1) is 46.4. The van der Waals surface area contributed by atoms with E-state index in [4.69, 9.17) is 0 Å². The molecule has 76 heavy (non-hydrogen) atoms. The third kappa shape index (κ3) is 8.78. The molecule has 11 aromatic carbocycles. The maximum absolute atomic E-state index is 2.53. The molecule has 0 radical (unpaired) electrons. The molecule has 2 aliphatic carbocycles. The maximum Gasteiger partial charge on any atom is 0.0465 e. The van der Waals surface area contributed by atoms with E-state index in [9.17, 15) is 0 Å². The van der Waals surface area contributed by atoms with Gasteiger partial charge in [-0.05, 0) is 192 Å². The Bertz CT molecular complexity index is 3620. The summed E-state index contributed by atoms with van der Waals surface area (Å²) >= 11 is 0. The average molecular weight is 979 g/mol. The van der Waals surface area contributed by atoms with Gasteiger partial charge in [-0.1, -0.05) is 165 Å². The van der Waals surface area contributed by atoms with Crippen molar-refractivity contribution in [2.24, 2.45) is 0 Å². The summed E-state index contributed by atoms with van der Waals surface area (Å²) in [6.07, 6.45) is 5.99. The molecule has 2 aliphatic rings. The Morgan fingerprint density at radius 3 is 0.711 bits per heavy atom. The van der Waals surface area contributed by atoms with Crippen LogP contribution in [0, 0.1) is 0 Å². The number of anilines is 12. The van der Waals surface area contributed by atoms with Gasteiger partial charge < -0.3 is 19.6 Å². The Labute approximate surface area is 447 Å². The zero-order valence-electron chi connectivity index (χ0n) is 42.5. The lowest BCUT2D eigenvalue weighted by molar-refractivity contribution is 0.353. The van der Waals surface area contributed by atoms with Crippen LogP contribution in [0.25, 0.3) is 22.3 Å². The van der Waals surface area contributed by atoms with Crippen molar-refractivity contribution in [1.82, 2.24) is 0 Å². The van der Waals surface area contributed by atoms with E-state index in [1.165, 1.54) is 58.5 Å². The lowest BCUT2D eigenvalue weighted by Gasteiger charge is -2.37. The molecule has 0 unspecified atom stereocenters. The fourth-order valence-corrected chi connectivity index (χ4v) is 12.1. The van der Waals surface area contributed by atoms with E-state index in [-0.39, 0.29) is 5.41 Å². The van der Waals surface area contributed by atoms with Gasteiger partial charge in [-0.2, -0.15) is 0 Å². The fraction of sp³-hybridized carbons (Fsp3) is 0.0833. The van der Waals surface area contributed by atoms with Crippen LogP contribution in [-0.2, 0) is 5.41 Å². The quantitative estimate of drug-likeness (QED) is 0.114. The highest BCUT2D eigenvalue weighted by molar-refractivity contribution is 5.90. The lowest BCUT2D eigenvalue weighted by Crippen LogP contribution is -2.28. The van der Waals surface area contributed by atoms with Gasteiger partial charge in [0.05, 0.1) is 0 Å². The van der Waals surface area contributed by atoms with E-state index in [0.29, 0.717) is 0 Å². The summed E-state index contributed by atoms with van der Waals surface area (Å²) in [6.45, 7) is 0. The maximum atomic E-state index is 2.53. The summed E-state index contributed by atoms with van der Waals surface area (Å²) < 4.78 is 0. The zero-order chi connectivity index (χ0) is 50.7. The first-order chi connectivity index (χ1) is 37.7. The minimum absolute atomic E-state index is 0.0681. The molecule has 366 valence electrons. The zero-order valence-corrected chi connectivity index (χ0v) is 42.5. The van der Waals surface area contributed by atoms with Gasteiger partial charge in [0.1, 0.15) is 0 Å². The van der Waals surface area contributed by atoms with Crippen LogP contribution in [0.1, 0.15) is 43.2 Å². The molecule has 0 bridgehead atoms. The van der Waals surface area contributed by atoms with E-state index in [1.807, 2.05) is 0 Å². The van der Waals surface area contributed by atoms with Crippen molar-refractivity contribution in [2.45, 2.75) is 37.5 Å². The average Bonchev–Trinajstić information content (AvgIpc) is 3.77. The Morgan fingerprint density at radius 1 is 0.211 bits per heavy atom. The van der Waals surface area contributed by atoms with Gasteiger partial charge in [-0.25, -0.2) is 0 Å². The molecule has 1 saturated carbocycles. The lowest BCUT2D eigenvalue weighted by atomic mass is 9.67. The van der Waals surface area contributed by atoms with E-state index in [0.717, 1.165) is 75.3 Å². The number of rotatable bonds is 13. The van der Waals surface area contributed by atoms with Crippen molar-refractivity contribution in [1.29, 1.82) is 0 Å². The van der Waals surface area contributed by atoms with Crippen LogP contribution < -0.4 is 19.6 Å². The molecule has 1 spiro atoms. The van der Waals surface area contributed by atoms with Gasteiger partial charge in [0, 0.05) is 73.7 Å². The minimum Gasteiger partial charge on any atom is -0.311 e. The largest absolute Gasteiger partial charge is 0.311 e. The van der Waals surface area contributed by atoms with Gasteiger partial charge >= 0.3 is 0 Å². The van der Waals surface area contributed by atoms with Crippen molar-refractivity contribution in [3.8, 4) is 22.3 Å². The van der Waals surface area contributed by atoms with Crippen LogP contribution in [0.2, 0.25) is 0 Å². The first-order valence-corrected chi connectivity index (χ1v) is 26.8. The van der Waals surface area contributed by atoms with Crippen molar-refractivity contribution >= 4 is 68.2 Å². The number of benzene rings is 11. The third-order valence-electron chi connectivity index (χ3n) is 15.6. The van der Waals surface area contributed by atoms with E-state index < -0.39 is 0 Å². The number of hydrogen-bond acceptors (Lipinski definition) is 4. The van der Waals surface area contributed by atoms with Crippen molar-refractivity contribution in [3.05, 3.63) is 302 Å². The van der Waals surface area contributed by atoms with Gasteiger partial charge in [0.25, 0.3) is 0 Å². The highest BCUT2D eigenvalue weighted by Gasteiger charge is 2.44. The minimum atomic E-state index is -0.0681. The Hall–Kier alpha value is -9.38. The second-order valence-electron chi connectivity index (χ2n) is 20.1. The van der Waals surface area contributed by atoms with Crippen LogP contribution in [0.4, 0.5) is 68.2 Å². The number of fused-ring (bicyclic) bond motifs is 5. The Balaban J connectivity index is 0.830. The molecule has 1 fully saturated rings. The van der Waals surface area contributed by atoms with Crippen molar-refractivity contribution in [3.63, 3.8) is 0 Å². The summed E-state index contributed by atoms with van der Waals surface area (Å²) in [5.74, 6) is 0. The molecule has 13 rings (SSSR count). The topological polar surface area (TPSA) is 13.0 Å². The molecule has 0 heterocycles. The monoisotopic (exact) mass is 978 g/mol. The van der Waals surface area contributed by atoms with E-state index in [1.54, 1.807) is 0 Å². The smallest absolute Gasteiger partial charge is 0.0465 e. The van der Waals surface area contributed by atoms with Crippen LogP contribution >= 0.6 is 0 Å². The number of hydrogen-bond donors (Lipinski definition) is 0. The summed E-state index contributed by atoms with van der Waals surface area (Å²) in [7, 11) is 0. The second kappa shape index (κ2) is 20.5. The second-order valence-corrected chi connectivity index (χ2v) is 20.1. The molecule has 0 atom stereocenters. The summed E-state index contributed by atoms with van der Waals surface area (Å²) in [5, 5.41) is 0. The third-order valence-corrected chi connectivity index (χ3v) is 15.6. The Kier molecular flexibility index (Phi) is 12.5. The van der Waals surface area contributed by atoms with Crippen LogP contribution in [0.15, 0.2) is 291 Å². The van der Waals surface area contributed by atoms with Crippen LogP contribution in [0.3, 0.4) is 0 Å². The summed E-state index contributed by atoms with van der Waals surface area (Å²) in [5.41, 5.74) is 21.5. The van der Waals surface area contributed by atoms with Crippen molar-refractivity contribution < 1.29 is 0 Å². The molecule has 0 aliphatic heterocycles. The van der Waals surface area contributed by atoms with Crippen LogP contribution in [0.5, 0.6) is 0 Å². The molecular weight excluding hydrogens is 921 g/mol. The predicted molar refractivity (Wildman–Crippen MR) is 320 cm³/mol. The molecule has 0 saturated heterocycles. The summed E-state index contributed by atoms with van der Waals surface area (Å²) in [4.78, 5) is 9.50. The Morgan fingerprint density at radius 2 is 0.434 bits per heavy atom. The van der Waals surface area contributed by atoms with Gasteiger partial charge in [0.15, 0.2) is 0 Å². The molecular formula is C72H58N4. The van der Waals surface area contributed by atoms with E-state index in [2.05, 4.69) is 311 Å². The molecule has 4 nitrogen and oxygen atoms in total. The normalized spacial score (nSPS) is 13.1. The number of nitrogens with zero attached hydrogens (tertiary/aromatic N) is 4. The van der Waals surface area contributed by atoms with Gasteiger partial charge in [0.2, 0.25) is 0 Å². The molecule has 0 aromatic heterocycles. The fourth-order valence-electron chi connectivity index (χ4n) is 12.1. The predicted octanol–water partition coefficient (Wildman–Crippen LogP) is 20.5. The highest BCUT2D eigenvalue weighted by atomic mass is 15.2. The molecule has 11 aromatic rings. The first-order valence-electron chi connectivity index (χ1n) is 26.8. The number of para-hydroxylation sites is 6. The SMILES string of the molecule is c1ccc(N(c2ccccc2)c2ccc(-c3ccc(N(c4ccccc4)c4ccc(N(c5ccccc5)c5ccc6c(c5)C5(CCCCC5)c5cc(N(c7ccccc7)c7ccccc7)ccc5-6)cc4)cc3)cc2)cc1. The van der Waals surface area contributed by atoms with Gasteiger partial charge in [-0.3, -0.25) is 0 Å². The highest BCUT2D eigenvalue weighted by Crippen LogP contribution is 2.58. The van der Waals surface area contributed by atoms with Gasteiger partial charge in [-0.15, -0.1) is 0 Å². The molecule has 4 heteroatoms. The summed E-state index contributed by atoms with van der Waals surface area (Å²) in [6, 6.07) is 106. The standard InChI is InChI=1S/C72H58N4/c1-8-22-56(23-9-1)73(57-24-10-2-11-25-57)62-38-34-54(35-39-62)55-36-40-63(41-37-55)74(58-26-12-3-13-27-58)64-42-44-65(45-43-64)76(61-32-18-6-19-33-61)67-47-49-69-68-48-46-66(52-70(68)72(71(69)53-67)50-20-7-21-51-72)75(59-28-14-4-15-29-59)60-30-16-5-17-31-60/h1-6,8-19,22-49,52-53H,7,20-21,50-51H2.